The molecular weight excluding hydrogens is 358 g/mol. The van der Waals surface area contributed by atoms with E-state index in [-0.39, 0.29) is 6.61 Å². The molecule has 1 fully saturated rings. The zero-order valence-corrected chi connectivity index (χ0v) is 15.5. The molecule has 4 rings (SSSR count). The Morgan fingerprint density at radius 1 is 0.964 bits per heavy atom. The predicted octanol–water partition coefficient (Wildman–Crippen LogP) is 2.17. The number of benzene rings is 2. The van der Waals surface area contributed by atoms with Crippen molar-refractivity contribution in [3.05, 3.63) is 54.6 Å². The summed E-state index contributed by atoms with van der Waals surface area (Å²) >= 11 is 0. The molecule has 0 saturated carbocycles. The molecule has 0 spiro atoms. The molecule has 1 aliphatic rings. The first kappa shape index (κ1) is 18.4. The van der Waals surface area contributed by atoms with Crippen LogP contribution in [0.2, 0.25) is 0 Å². The van der Waals surface area contributed by atoms with Gasteiger partial charge in [-0.25, -0.2) is 0 Å². The van der Waals surface area contributed by atoms with Crippen LogP contribution in [-0.4, -0.2) is 55.7 Å². The molecule has 8 nitrogen and oxygen atoms in total. The number of anilines is 1. The minimum atomic E-state index is -1.02. The van der Waals surface area contributed by atoms with Gasteiger partial charge in [-0.3, -0.25) is 0 Å². The molecule has 0 amide bonds. The van der Waals surface area contributed by atoms with Gasteiger partial charge in [0.2, 0.25) is 5.95 Å². The molecule has 0 aliphatic carbocycles. The highest BCUT2D eigenvalue weighted by molar-refractivity contribution is 5.44. The minimum Gasteiger partial charge on any atom is -0.457 e. The summed E-state index contributed by atoms with van der Waals surface area (Å²) < 4.78 is 7.50. The molecule has 1 atom stereocenters. The van der Waals surface area contributed by atoms with Gasteiger partial charge in [0.25, 0.3) is 0 Å². The van der Waals surface area contributed by atoms with E-state index >= 15 is 0 Å². The molecule has 2 heterocycles. The van der Waals surface area contributed by atoms with E-state index in [2.05, 4.69) is 15.5 Å². The predicted molar refractivity (Wildman–Crippen MR) is 104 cm³/mol. The fourth-order valence-corrected chi connectivity index (χ4v) is 3.36. The Kier molecular flexibility index (Phi) is 5.23. The van der Waals surface area contributed by atoms with Gasteiger partial charge >= 0.3 is 0 Å². The fourth-order valence-electron chi connectivity index (χ4n) is 3.36. The third-order valence-corrected chi connectivity index (χ3v) is 5.01. The summed E-state index contributed by atoms with van der Waals surface area (Å²) in [5.74, 6) is 2.13. The van der Waals surface area contributed by atoms with Crippen molar-refractivity contribution in [3.8, 4) is 17.2 Å². The molecule has 1 aromatic heterocycles. The maximum Gasteiger partial charge on any atom is 0.250 e. The zero-order valence-electron chi connectivity index (χ0n) is 15.5. The minimum absolute atomic E-state index is 0.228. The Bertz CT molecular complexity index is 900. The van der Waals surface area contributed by atoms with E-state index in [0.29, 0.717) is 25.3 Å². The Hall–Kier alpha value is -2.97. The quantitative estimate of drug-likeness (QED) is 0.699. The molecule has 2 N–H and O–H groups in total. The zero-order chi connectivity index (χ0) is 19.4. The van der Waals surface area contributed by atoms with Crippen LogP contribution < -0.4 is 9.64 Å². The van der Waals surface area contributed by atoms with E-state index in [9.17, 15) is 10.2 Å². The van der Waals surface area contributed by atoms with E-state index in [0.717, 1.165) is 30.2 Å². The van der Waals surface area contributed by atoms with Crippen LogP contribution in [0.5, 0.6) is 11.5 Å². The van der Waals surface area contributed by atoms with Crippen molar-refractivity contribution in [2.24, 2.45) is 0 Å². The number of ether oxygens (including phenoxy) is 1. The average Bonchev–Trinajstić information content (AvgIpc) is 3.13. The van der Waals surface area contributed by atoms with Gasteiger partial charge in [-0.05, 0) is 66.1 Å². The van der Waals surface area contributed by atoms with Crippen LogP contribution in [0.15, 0.2) is 54.6 Å². The van der Waals surface area contributed by atoms with E-state index in [1.54, 1.807) is 4.68 Å². The number of aliphatic hydroxyl groups excluding tert-OH is 1. The van der Waals surface area contributed by atoms with Gasteiger partial charge in [0.05, 0.1) is 17.9 Å². The number of tetrazole rings is 1. The van der Waals surface area contributed by atoms with Gasteiger partial charge in [0, 0.05) is 13.1 Å². The van der Waals surface area contributed by atoms with Crippen LogP contribution in [-0.2, 0) is 0 Å². The molecule has 1 unspecified atom stereocenters. The first-order valence-corrected chi connectivity index (χ1v) is 9.37. The Labute approximate surface area is 163 Å². The molecule has 0 radical (unpaired) electrons. The van der Waals surface area contributed by atoms with E-state index < -0.39 is 5.60 Å². The molecule has 1 aliphatic heterocycles. The molecule has 8 heteroatoms. The summed E-state index contributed by atoms with van der Waals surface area (Å²) in [5, 5.41) is 31.9. The van der Waals surface area contributed by atoms with Crippen molar-refractivity contribution in [2.45, 2.75) is 24.9 Å². The van der Waals surface area contributed by atoms with Crippen LogP contribution in [0.3, 0.4) is 0 Å². The Balaban J connectivity index is 1.51. The standard InChI is InChI=1S/C20H23N5O3/c26-15-20(27)11-4-13-24(14-12-20)19-21-22-23-25(19)16-7-9-18(10-8-16)28-17-5-2-1-3-6-17/h1-3,5-10,26-27H,4,11-15H2. The van der Waals surface area contributed by atoms with Gasteiger partial charge in [-0.1, -0.05) is 23.3 Å². The monoisotopic (exact) mass is 381 g/mol. The lowest BCUT2D eigenvalue weighted by Crippen LogP contribution is -2.35. The number of hydrogen-bond donors (Lipinski definition) is 2. The van der Waals surface area contributed by atoms with E-state index in [1.807, 2.05) is 59.5 Å². The van der Waals surface area contributed by atoms with Crippen LogP contribution in [0.4, 0.5) is 5.95 Å². The second kappa shape index (κ2) is 7.95. The lowest BCUT2D eigenvalue weighted by molar-refractivity contribution is -0.0232. The van der Waals surface area contributed by atoms with Gasteiger partial charge in [0.15, 0.2) is 0 Å². The largest absolute Gasteiger partial charge is 0.457 e. The van der Waals surface area contributed by atoms with Crippen molar-refractivity contribution in [1.82, 2.24) is 20.2 Å². The molecule has 2 aromatic carbocycles. The molecule has 1 saturated heterocycles. The smallest absolute Gasteiger partial charge is 0.250 e. The van der Waals surface area contributed by atoms with Crippen molar-refractivity contribution in [3.63, 3.8) is 0 Å². The number of nitrogens with zero attached hydrogens (tertiary/aromatic N) is 5. The number of hydrogen-bond acceptors (Lipinski definition) is 7. The molecule has 146 valence electrons. The third-order valence-electron chi connectivity index (χ3n) is 5.01. The first-order chi connectivity index (χ1) is 13.7. The molecular formula is C20H23N5O3. The number of rotatable bonds is 5. The second-order valence-electron chi connectivity index (χ2n) is 7.02. The van der Waals surface area contributed by atoms with Crippen LogP contribution in [0, 0.1) is 0 Å². The summed E-state index contributed by atoms with van der Waals surface area (Å²) in [6.07, 6.45) is 1.79. The first-order valence-electron chi connectivity index (χ1n) is 9.37. The van der Waals surface area contributed by atoms with Gasteiger partial charge in [-0.2, -0.15) is 4.68 Å². The number of aliphatic hydroxyl groups is 2. The summed E-state index contributed by atoms with van der Waals surface area (Å²) in [6.45, 7) is 1.07. The Morgan fingerprint density at radius 2 is 1.71 bits per heavy atom. The summed E-state index contributed by atoms with van der Waals surface area (Å²) in [4.78, 5) is 2.04. The van der Waals surface area contributed by atoms with E-state index in [4.69, 9.17) is 4.74 Å². The summed E-state index contributed by atoms with van der Waals surface area (Å²) in [7, 11) is 0. The van der Waals surface area contributed by atoms with Crippen molar-refractivity contribution in [2.75, 3.05) is 24.6 Å². The SMILES string of the molecule is OCC1(O)CCCN(c2nnnn2-c2ccc(Oc3ccccc3)cc2)CC1. The highest BCUT2D eigenvalue weighted by Gasteiger charge is 2.31. The second-order valence-corrected chi connectivity index (χ2v) is 7.02. The average molecular weight is 381 g/mol. The van der Waals surface area contributed by atoms with Crippen molar-refractivity contribution >= 4 is 5.95 Å². The Morgan fingerprint density at radius 3 is 2.46 bits per heavy atom. The lowest BCUT2D eigenvalue weighted by atomic mass is 9.96. The summed E-state index contributed by atoms with van der Waals surface area (Å²) in [6, 6.07) is 17.2. The lowest BCUT2D eigenvalue weighted by Gasteiger charge is -2.24. The number of aromatic nitrogens is 4. The fraction of sp³-hybridized carbons (Fsp3) is 0.350. The normalized spacial score (nSPS) is 20.0. The molecule has 28 heavy (non-hydrogen) atoms. The van der Waals surface area contributed by atoms with Gasteiger partial charge in [-0.15, -0.1) is 0 Å². The van der Waals surface area contributed by atoms with Crippen LogP contribution in [0.1, 0.15) is 19.3 Å². The summed E-state index contributed by atoms with van der Waals surface area (Å²) in [5.41, 5.74) is -0.203. The van der Waals surface area contributed by atoms with E-state index in [1.165, 1.54) is 0 Å². The number of para-hydroxylation sites is 1. The highest BCUT2D eigenvalue weighted by atomic mass is 16.5. The topological polar surface area (TPSA) is 96.5 Å². The maximum absolute atomic E-state index is 10.4. The highest BCUT2D eigenvalue weighted by Crippen LogP contribution is 2.26. The molecule has 3 aromatic rings. The van der Waals surface area contributed by atoms with Crippen molar-refractivity contribution in [1.29, 1.82) is 0 Å². The van der Waals surface area contributed by atoms with Gasteiger partial charge < -0.3 is 19.8 Å². The van der Waals surface area contributed by atoms with Crippen LogP contribution in [0.25, 0.3) is 5.69 Å². The third kappa shape index (κ3) is 3.97. The molecule has 0 bridgehead atoms. The van der Waals surface area contributed by atoms with Crippen LogP contribution >= 0.6 is 0 Å². The maximum atomic E-state index is 10.4. The van der Waals surface area contributed by atoms with Crippen molar-refractivity contribution < 1.29 is 14.9 Å². The van der Waals surface area contributed by atoms with Gasteiger partial charge in [0.1, 0.15) is 11.5 Å².